The lowest BCUT2D eigenvalue weighted by atomic mass is 10.1. The van der Waals surface area contributed by atoms with Gasteiger partial charge in [-0.1, -0.05) is 18.2 Å². The maximum Gasteiger partial charge on any atom is 0.387 e. The standard InChI is InChI=1S/C18H16F2N2O2/c1-12-10-21-17(13-6-8-15(9-7-13)24-18(19)20)22(12)11-14-4-2-3-5-16(14)23/h2-10,18,23H,11H2,1H3. The summed E-state index contributed by atoms with van der Waals surface area (Å²) in [6, 6.07) is 13.4. The lowest BCUT2D eigenvalue weighted by Crippen LogP contribution is -2.05. The number of halogens is 2. The van der Waals surface area contributed by atoms with Crippen molar-refractivity contribution in [3.05, 3.63) is 66.0 Å². The summed E-state index contributed by atoms with van der Waals surface area (Å²) in [6.45, 7) is -0.463. The van der Waals surface area contributed by atoms with Gasteiger partial charge in [-0.05, 0) is 37.3 Å². The first-order valence-electron chi connectivity index (χ1n) is 7.39. The van der Waals surface area contributed by atoms with Crippen LogP contribution in [-0.2, 0) is 6.54 Å². The van der Waals surface area contributed by atoms with E-state index < -0.39 is 6.61 Å². The van der Waals surface area contributed by atoms with Crippen LogP contribution in [-0.4, -0.2) is 21.3 Å². The summed E-state index contributed by atoms with van der Waals surface area (Å²) >= 11 is 0. The highest BCUT2D eigenvalue weighted by Crippen LogP contribution is 2.26. The van der Waals surface area contributed by atoms with Crippen LogP contribution >= 0.6 is 0 Å². The number of phenolic OH excluding ortho intramolecular Hbond substituents is 1. The fourth-order valence-corrected chi connectivity index (χ4v) is 2.49. The molecule has 0 aliphatic heterocycles. The molecule has 0 unspecified atom stereocenters. The summed E-state index contributed by atoms with van der Waals surface area (Å²) in [5.41, 5.74) is 2.49. The van der Waals surface area contributed by atoms with Gasteiger partial charge in [0.15, 0.2) is 0 Å². The van der Waals surface area contributed by atoms with Gasteiger partial charge in [0.25, 0.3) is 0 Å². The maximum absolute atomic E-state index is 12.2. The zero-order chi connectivity index (χ0) is 17.1. The van der Waals surface area contributed by atoms with Crippen LogP contribution < -0.4 is 4.74 Å². The van der Waals surface area contributed by atoms with Crippen molar-refractivity contribution in [1.82, 2.24) is 9.55 Å². The number of benzene rings is 2. The zero-order valence-corrected chi connectivity index (χ0v) is 13.0. The normalized spacial score (nSPS) is 11.0. The van der Waals surface area contributed by atoms with Gasteiger partial charge in [0.05, 0.1) is 6.54 Å². The molecule has 0 aliphatic rings. The van der Waals surface area contributed by atoms with Gasteiger partial charge in [0, 0.05) is 23.0 Å². The summed E-state index contributed by atoms with van der Waals surface area (Å²) < 4.78 is 30.8. The molecule has 1 N–H and O–H groups in total. The van der Waals surface area contributed by atoms with Crippen LogP contribution in [0.15, 0.2) is 54.7 Å². The lowest BCUT2D eigenvalue weighted by Gasteiger charge is -2.12. The highest BCUT2D eigenvalue weighted by molar-refractivity contribution is 5.57. The predicted molar refractivity (Wildman–Crippen MR) is 86.2 cm³/mol. The van der Waals surface area contributed by atoms with Gasteiger partial charge >= 0.3 is 6.61 Å². The third-order valence-corrected chi connectivity index (χ3v) is 3.71. The van der Waals surface area contributed by atoms with Crippen LogP contribution in [0.5, 0.6) is 11.5 Å². The topological polar surface area (TPSA) is 47.3 Å². The van der Waals surface area contributed by atoms with Crippen molar-refractivity contribution in [2.45, 2.75) is 20.1 Å². The number of hydrogen-bond donors (Lipinski definition) is 1. The highest BCUT2D eigenvalue weighted by atomic mass is 19.3. The van der Waals surface area contributed by atoms with E-state index in [2.05, 4.69) is 9.72 Å². The van der Waals surface area contributed by atoms with Crippen molar-refractivity contribution in [2.75, 3.05) is 0 Å². The SMILES string of the molecule is Cc1cnc(-c2ccc(OC(F)F)cc2)n1Cc1ccccc1O. The number of hydrogen-bond acceptors (Lipinski definition) is 3. The lowest BCUT2D eigenvalue weighted by molar-refractivity contribution is -0.0498. The molecule has 0 bridgehead atoms. The van der Waals surface area contributed by atoms with E-state index in [0.717, 1.165) is 16.8 Å². The Hall–Kier alpha value is -2.89. The molecule has 2 aromatic carbocycles. The van der Waals surface area contributed by atoms with Crippen LogP contribution in [0, 0.1) is 6.92 Å². The van der Waals surface area contributed by atoms with Gasteiger partial charge in [0.1, 0.15) is 17.3 Å². The minimum absolute atomic E-state index is 0.101. The summed E-state index contributed by atoms with van der Waals surface area (Å²) in [6.07, 6.45) is 1.74. The van der Waals surface area contributed by atoms with Gasteiger partial charge in [-0.25, -0.2) is 4.98 Å². The van der Waals surface area contributed by atoms with E-state index in [1.807, 2.05) is 23.6 Å². The Morgan fingerprint density at radius 2 is 1.83 bits per heavy atom. The summed E-state index contributed by atoms with van der Waals surface area (Å²) in [5.74, 6) is 1.01. The number of alkyl halides is 2. The number of ether oxygens (including phenoxy) is 1. The first kappa shape index (κ1) is 16.0. The fraction of sp³-hybridized carbons (Fsp3) is 0.167. The van der Waals surface area contributed by atoms with Gasteiger partial charge < -0.3 is 14.4 Å². The van der Waals surface area contributed by atoms with Crippen molar-refractivity contribution in [3.63, 3.8) is 0 Å². The number of imidazole rings is 1. The number of nitrogens with zero attached hydrogens (tertiary/aromatic N) is 2. The fourth-order valence-electron chi connectivity index (χ4n) is 2.49. The van der Waals surface area contributed by atoms with Gasteiger partial charge in [-0.3, -0.25) is 0 Å². The highest BCUT2D eigenvalue weighted by Gasteiger charge is 2.12. The van der Waals surface area contributed by atoms with E-state index in [1.165, 1.54) is 12.1 Å². The van der Waals surface area contributed by atoms with Crippen molar-refractivity contribution >= 4 is 0 Å². The Balaban J connectivity index is 1.91. The molecule has 0 saturated carbocycles. The monoisotopic (exact) mass is 330 g/mol. The Kier molecular flexibility index (Phi) is 4.46. The predicted octanol–water partition coefficient (Wildman–Crippen LogP) is 4.21. The molecule has 124 valence electrons. The van der Waals surface area contributed by atoms with Gasteiger partial charge in [-0.15, -0.1) is 0 Å². The Morgan fingerprint density at radius 1 is 1.12 bits per heavy atom. The second kappa shape index (κ2) is 6.70. The summed E-state index contributed by atoms with van der Waals surface area (Å²) in [7, 11) is 0. The third kappa shape index (κ3) is 3.37. The number of aromatic hydroxyl groups is 1. The summed E-state index contributed by atoms with van der Waals surface area (Å²) in [4.78, 5) is 4.39. The molecular formula is C18H16F2N2O2. The van der Waals surface area contributed by atoms with E-state index in [0.29, 0.717) is 12.4 Å². The number of rotatable bonds is 5. The average molecular weight is 330 g/mol. The number of aromatic nitrogens is 2. The molecule has 1 heterocycles. The number of phenols is 1. The quantitative estimate of drug-likeness (QED) is 0.762. The van der Waals surface area contributed by atoms with Crippen LogP contribution in [0.3, 0.4) is 0 Å². The minimum Gasteiger partial charge on any atom is -0.508 e. The number of aryl methyl sites for hydroxylation is 1. The second-order valence-corrected chi connectivity index (χ2v) is 5.34. The molecule has 3 rings (SSSR count). The first-order valence-corrected chi connectivity index (χ1v) is 7.39. The van der Waals surface area contributed by atoms with E-state index in [1.54, 1.807) is 30.5 Å². The molecule has 6 heteroatoms. The maximum atomic E-state index is 12.2. The molecule has 0 aliphatic carbocycles. The molecule has 0 spiro atoms. The van der Waals surface area contributed by atoms with E-state index >= 15 is 0 Å². The van der Waals surface area contributed by atoms with Crippen LogP contribution in [0.4, 0.5) is 8.78 Å². The van der Waals surface area contributed by atoms with Crippen molar-refractivity contribution in [2.24, 2.45) is 0 Å². The van der Waals surface area contributed by atoms with E-state index in [-0.39, 0.29) is 11.5 Å². The Bertz CT molecular complexity index is 829. The second-order valence-electron chi connectivity index (χ2n) is 5.34. The summed E-state index contributed by atoms with van der Waals surface area (Å²) in [5, 5.41) is 9.96. The molecule has 0 fully saturated rings. The Labute approximate surface area is 138 Å². The molecular weight excluding hydrogens is 314 g/mol. The van der Waals surface area contributed by atoms with E-state index in [9.17, 15) is 13.9 Å². The molecule has 0 atom stereocenters. The number of para-hydroxylation sites is 1. The van der Waals surface area contributed by atoms with Crippen molar-refractivity contribution < 1.29 is 18.6 Å². The molecule has 0 amide bonds. The molecule has 1 aromatic heterocycles. The van der Waals surface area contributed by atoms with Gasteiger partial charge in [-0.2, -0.15) is 8.78 Å². The third-order valence-electron chi connectivity index (χ3n) is 3.71. The largest absolute Gasteiger partial charge is 0.508 e. The molecule has 0 saturated heterocycles. The van der Waals surface area contributed by atoms with Gasteiger partial charge in [0.2, 0.25) is 0 Å². The zero-order valence-electron chi connectivity index (χ0n) is 13.0. The molecule has 0 radical (unpaired) electrons. The Morgan fingerprint density at radius 3 is 2.50 bits per heavy atom. The van der Waals surface area contributed by atoms with E-state index in [4.69, 9.17) is 0 Å². The van der Waals surface area contributed by atoms with Crippen LogP contribution in [0.1, 0.15) is 11.3 Å². The average Bonchev–Trinajstić information content (AvgIpc) is 2.91. The minimum atomic E-state index is -2.85. The smallest absolute Gasteiger partial charge is 0.387 e. The van der Waals surface area contributed by atoms with Crippen molar-refractivity contribution in [1.29, 1.82) is 0 Å². The molecule has 24 heavy (non-hydrogen) atoms. The van der Waals surface area contributed by atoms with Crippen LogP contribution in [0.25, 0.3) is 11.4 Å². The molecule has 4 nitrogen and oxygen atoms in total. The molecule has 3 aromatic rings. The first-order chi connectivity index (χ1) is 11.5. The van der Waals surface area contributed by atoms with Crippen LogP contribution in [0.2, 0.25) is 0 Å². The van der Waals surface area contributed by atoms with Crippen molar-refractivity contribution in [3.8, 4) is 22.9 Å².